The maximum absolute atomic E-state index is 12.6. The number of nitrogens with zero attached hydrogens (tertiary/aromatic N) is 2. The third-order valence-corrected chi connectivity index (χ3v) is 4.86. The standard InChI is InChI=1S/C22H30N4O4/c1-13(2)19(23-18(27)12-17-10-8-7-9-11-17)22(29)30-16(5)21(28)24-20-14(3)25-26(6)15(20)4/h7-11,13,16,19H,12H2,1-6H3,(H,23,27)(H,24,28)/t16?,19-/m0/s1. The van der Waals surface area contributed by atoms with Crippen LogP contribution in [0, 0.1) is 19.8 Å². The van der Waals surface area contributed by atoms with Crippen LogP contribution in [0.25, 0.3) is 0 Å². The molecule has 0 saturated heterocycles. The molecule has 162 valence electrons. The Balaban J connectivity index is 1.97. The molecule has 0 aliphatic carbocycles. The zero-order valence-corrected chi connectivity index (χ0v) is 18.4. The molecule has 2 atom stereocenters. The highest BCUT2D eigenvalue weighted by Gasteiger charge is 2.29. The second kappa shape index (κ2) is 10.0. The second-order valence-corrected chi connectivity index (χ2v) is 7.69. The molecule has 1 aromatic carbocycles. The fourth-order valence-corrected chi connectivity index (χ4v) is 2.98. The summed E-state index contributed by atoms with van der Waals surface area (Å²) in [6.07, 6.45) is -0.865. The van der Waals surface area contributed by atoms with Crippen molar-refractivity contribution in [2.45, 2.75) is 53.2 Å². The molecule has 2 N–H and O–H groups in total. The normalized spacial score (nSPS) is 12.9. The maximum Gasteiger partial charge on any atom is 0.329 e. The summed E-state index contributed by atoms with van der Waals surface area (Å²) in [5.41, 5.74) is 2.92. The van der Waals surface area contributed by atoms with E-state index in [9.17, 15) is 14.4 Å². The molecular formula is C22H30N4O4. The Morgan fingerprint density at radius 2 is 1.73 bits per heavy atom. The second-order valence-electron chi connectivity index (χ2n) is 7.69. The van der Waals surface area contributed by atoms with Crippen molar-refractivity contribution in [3.63, 3.8) is 0 Å². The smallest absolute Gasteiger partial charge is 0.329 e. The molecular weight excluding hydrogens is 384 g/mol. The Labute approximate surface area is 177 Å². The van der Waals surface area contributed by atoms with Gasteiger partial charge in [0.2, 0.25) is 5.91 Å². The minimum Gasteiger partial charge on any atom is -0.451 e. The van der Waals surface area contributed by atoms with E-state index in [-0.39, 0.29) is 18.2 Å². The fraction of sp³-hybridized carbons (Fsp3) is 0.455. The molecule has 0 radical (unpaired) electrons. The van der Waals surface area contributed by atoms with E-state index in [1.165, 1.54) is 6.92 Å². The van der Waals surface area contributed by atoms with Gasteiger partial charge in [0, 0.05) is 7.05 Å². The largest absolute Gasteiger partial charge is 0.451 e. The van der Waals surface area contributed by atoms with Crippen molar-refractivity contribution in [2.24, 2.45) is 13.0 Å². The van der Waals surface area contributed by atoms with Gasteiger partial charge in [-0.25, -0.2) is 4.79 Å². The quantitative estimate of drug-likeness (QED) is 0.645. The number of hydrogen-bond donors (Lipinski definition) is 2. The monoisotopic (exact) mass is 414 g/mol. The van der Waals surface area contributed by atoms with E-state index < -0.39 is 24.0 Å². The third kappa shape index (κ3) is 5.92. The lowest BCUT2D eigenvalue weighted by Gasteiger charge is -2.23. The highest BCUT2D eigenvalue weighted by atomic mass is 16.5. The van der Waals surface area contributed by atoms with E-state index in [4.69, 9.17) is 4.74 Å². The van der Waals surface area contributed by atoms with Crippen molar-refractivity contribution >= 4 is 23.5 Å². The van der Waals surface area contributed by atoms with E-state index in [1.807, 2.05) is 51.1 Å². The molecule has 30 heavy (non-hydrogen) atoms. The summed E-state index contributed by atoms with van der Waals surface area (Å²) in [4.78, 5) is 37.5. The summed E-state index contributed by atoms with van der Waals surface area (Å²) < 4.78 is 7.02. The van der Waals surface area contributed by atoms with Gasteiger partial charge in [-0.2, -0.15) is 5.10 Å². The van der Waals surface area contributed by atoms with E-state index >= 15 is 0 Å². The predicted molar refractivity (Wildman–Crippen MR) is 114 cm³/mol. The summed E-state index contributed by atoms with van der Waals surface area (Å²) in [5.74, 6) is -1.58. The van der Waals surface area contributed by atoms with Crippen molar-refractivity contribution in [1.82, 2.24) is 15.1 Å². The number of carbonyl (C=O) groups excluding carboxylic acids is 3. The van der Waals surface area contributed by atoms with E-state index in [0.717, 1.165) is 11.3 Å². The minimum absolute atomic E-state index is 0.160. The average Bonchev–Trinajstić information content (AvgIpc) is 2.92. The third-order valence-electron chi connectivity index (χ3n) is 4.86. The number of amides is 2. The van der Waals surface area contributed by atoms with Gasteiger partial charge < -0.3 is 15.4 Å². The highest BCUT2D eigenvalue weighted by molar-refractivity contribution is 5.96. The summed E-state index contributed by atoms with van der Waals surface area (Å²) >= 11 is 0. The van der Waals surface area contributed by atoms with Crippen LogP contribution in [0.4, 0.5) is 5.69 Å². The Morgan fingerprint density at radius 1 is 1.10 bits per heavy atom. The summed E-state index contributed by atoms with van der Waals surface area (Å²) in [7, 11) is 1.78. The maximum atomic E-state index is 12.6. The van der Waals surface area contributed by atoms with Crippen molar-refractivity contribution in [2.75, 3.05) is 5.32 Å². The molecule has 8 heteroatoms. The molecule has 8 nitrogen and oxygen atoms in total. The van der Waals surface area contributed by atoms with Gasteiger partial charge in [0.05, 0.1) is 23.5 Å². The van der Waals surface area contributed by atoms with Gasteiger partial charge in [0.25, 0.3) is 5.91 Å². The zero-order chi connectivity index (χ0) is 22.4. The molecule has 0 saturated carbocycles. The topological polar surface area (TPSA) is 102 Å². The summed E-state index contributed by atoms with van der Waals surface area (Å²) in [6.45, 7) is 8.74. The van der Waals surface area contributed by atoms with Crippen LogP contribution in [-0.2, 0) is 32.6 Å². The van der Waals surface area contributed by atoms with Gasteiger partial charge in [-0.05, 0) is 32.3 Å². The fourth-order valence-electron chi connectivity index (χ4n) is 2.98. The first-order valence-corrected chi connectivity index (χ1v) is 9.95. The van der Waals surface area contributed by atoms with Crippen molar-refractivity contribution in [1.29, 1.82) is 0 Å². The molecule has 0 bridgehead atoms. The van der Waals surface area contributed by atoms with Gasteiger partial charge in [0.15, 0.2) is 6.10 Å². The van der Waals surface area contributed by atoms with Crippen LogP contribution in [0.2, 0.25) is 0 Å². The Hall–Kier alpha value is -3.16. The lowest BCUT2D eigenvalue weighted by Crippen LogP contribution is -2.47. The van der Waals surface area contributed by atoms with Gasteiger partial charge >= 0.3 is 5.97 Å². The predicted octanol–water partition coefficient (Wildman–Crippen LogP) is 2.29. The van der Waals surface area contributed by atoms with Crippen molar-refractivity contribution in [3.05, 3.63) is 47.3 Å². The van der Waals surface area contributed by atoms with Gasteiger partial charge in [0.1, 0.15) is 6.04 Å². The van der Waals surface area contributed by atoms with Crippen LogP contribution in [0.3, 0.4) is 0 Å². The number of nitrogens with one attached hydrogen (secondary N) is 2. The van der Waals surface area contributed by atoms with E-state index in [0.29, 0.717) is 11.4 Å². The number of carbonyl (C=O) groups is 3. The number of aromatic nitrogens is 2. The number of aryl methyl sites for hydroxylation is 2. The Kier molecular flexibility index (Phi) is 7.74. The Morgan fingerprint density at radius 3 is 2.27 bits per heavy atom. The zero-order valence-electron chi connectivity index (χ0n) is 18.4. The summed E-state index contributed by atoms with van der Waals surface area (Å²) in [6, 6.07) is 8.41. The number of hydrogen-bond acceptors (Lipinski definition) is 5. The molecule has 0 spiro atoms. The molecule has 0 fully saturated rings. The first-order valence-electron chi connectivity index (χ1n) is 9.95. The van der Waals surface area contributed by atoms with Crippen LogP contribution in [0.1, 0.15) is 37.7 Å². The number of anilines is 1. The van der Waals surface area contributed by atoms with E-state index in [2.05, 4.69) is 15.7 Å². The highest BCUT2D eigenvalue weighted by Crippen LogP contribution is 2.19. The van der Waals surface area contributed by atoms with Gasteiger partial charge in [-0.3, -0.25) is 14.3 Å². The van der Waals surface area contributed by atoms with Crippen LogP contribution in [0.15, 0.2) is 30.3 Å². The summed E-state index contributed by atoms with van der Waals surface area (Å²) in [5, 5.41) is 9.73. The lowest BCUT2D eigenvalue weighted by atomic mass is 10.0. The molecule has 2 amide bonds. The molecule has 0 aliphatic heterocycles. The van der Waals surface area contributed by atoms with Crippen LogP contribution in [0.5, 0.6) is 0 Å². The number of rotatable bonds is 8. The minimum atomic E-state index is -1.02. The molecule has 0 aliphatic rings. The van der Waals surface area contributed by atoms with E-state index in [1.54, 1.807) is 18.7 Å². The first-order chi connectivity index (χ1) is 14.1. The number of esters is 1. The van der Waals surface area contributed by atoms with Crippen LogP contribution in [-0.4, -0.2) is 39.7 Å². The van der Waals surface area contributed by atoms with Crippen molar-refractivity contribution in [3.8, 4) is 0 Å². The SMILES string of the molecule is Cc1nn(C)c(C)c1NC(=O)C(C)OC(=O)[C@@H](NC(=O)Cc1ccccc1)C(C)C. The van der Waals surface area contributed by atoms with Crippen molar-refractivity contribution < 1.29 is 19.1 Å². The molecule has 1 aromatic heterocycles. The van der Waals surface area contributed by atoms with Crippen LogP contribution < -0.4 is 10.6 Å². The number of benzene rings is 1. The first kappa shape index (κ1) is 23.1. The average molecular weight is 415 g/mol. The molecule has 2 rings (SSSR count). The number of ether oxygens (including phenoxy) is 1. The molecule has 1 unspecified atom stereocenters. The van der Waals surface area contributed by atoms with Gasteiger partial charge in [-0.15, -0.1) is 0 Å². The van der Waals surface area contributed by atoms with Gasteiger partial charge in [-0.1, -0.05) is 44.2 Å². The lowest BCUT2D eigenvalue weighted by molar-refractivity contribution is -0.157. The van der Waals surface area contributed by atoms with Crippen LogP contribution >= 0.6 is 0 Å². The Bertz CT molecular complexity index is 905. The molecule has 1 heterocycles. The molecule has 2 aromatic rings.